The van der Waals surface area contributed by atoms with Gasteiger partial charge >= 0.3 is 0 Å². The van der Waals surface area contributed by atoms with Crippen molar-refractivity contribution in [1.29, 1.82) is 0 Å². The van der Waals surface area contributed by atoms with E-state index in [2.05, 4.69) is 12.2 Å². The van der Waals surface area contributed by atoms with Gasteiger partial charge in [0.15, 0.2) is 0 Å². The highest BCUT2D eigenvalue weighted by Crippen LogP contribution is 2.32. The minimum atomic E-state index is -0.389. The fraction of sp³-hybridized carbons (Fsp3) is 0.562. The number of aliphatic hydroxyl groups excluding tert-OH is 1. The van der Waals surface area contributed by atoms with Gasteiger partial charge in [-0.2, -0.15) is 0 Å². The summed E-state index contributed by atoms with van der Waals surface area (Å²) in [5.74, 6) is 1.11. The molecule has 2 N–H and O–H groups in total. The Hall–Kier alpha value is -1.55. The second-order valence-corrected chi connectivity index (χ2v) is 5.55. The van der Waals surface area contributed by atoms with Crippen LogP contribution >= 0.6 is 0 Å². The Morgan fingerprint density at radius 3 is 2.80 bits per heavy atom. The van der Waals surface area contributed by atoms with Gasteiger partial charge < -0.3 is 15.2 Å². The first-order valence-electron chi connectivity index (χ1n) is 7.21. The summed E-state index contributed by atoms with van der Waals surface area (Å²) >= 11 is 0. The quantitative estimate of drug-likeness (QED) is 0.801. The third-order valence-corrected chi connectivity index (χ3v) is 3.75. The van der Waals surface area contributed by atoms with Crippen molar-refractivity contribution >= 4 is 5.91 Å². The van der Waals surface area contributed by atoms with Crippen molar-refractivity contribution in [2.75, 3.05) is 13.2 Å². The van der Waals surface area contributed by atoms with Crippen LogP contribution in [0.4, 0.5) is 0 Å². The molecule has 1 atom stereocenters. The van der Waals surface area contributed by atoms with E-state index in [0.29, 0.717) is 25.5 Å². The van der Waals surface area contributed by atoms with Crippen LogP contribution < -0.4 is 10.1 Å². The van der Waals surface area contributed by atoms with Crippen LogP contribution in [0.3, 0.4) is 0 Å². The van der Waals surface area contributed by atoms with Gasteiger partial charge in [0.1, 0.15) is 5.75 Å². The summed E-state index contributed by atoms with van der Waals surface area (Å²) in [7, 11) is 0. The van der Waals surface area contributed by atoms with E-state index < -0.39 is 0 Å². The molecule has 1 saturated carbocycles. The summed E-state index contributed by atoms with van der Waals surface area (Å²) in [4.78, 5) is 11.6. The minimum absolute atomic E-state index is 0.0754. The fourth-order valence-electron chi connectivity index (χ4n) is 2.02. The number of hydrogen-bond acceptors (Lipinski definition) is 3. The molecule has 0 bridgehead atoms. The number of aryl methyl sites for hydroxylation is 2. The van der Waals surface area contributed by atoms with Crippen molar-refractivity contribution in [3.8, 4) is 5.75 Å². The largest absolute Gasteiger partial charge is 0.493 e. The van der Waals surface area contributed by atoms with Crippen LogP contribution in [0, 0.1) is 19.8 Å². The summed E-state index contributed by atoms with van der Waals surface area (Å²) in [6.07, 6.45) is 2.07. The topological polar surface area (TPSA) is 58.6 Å². The third-order valence-electron chi connectivity index (χ3n) is 3.75. The number of amides is 1. The van der Waals surface area contributed by atoms with Crippen LogP contribution in [0.25, 0.3) is 0 Å². The fourth-order valence-corrected chi connectivity index (χ4v) is 2.02. The molecular weight excluding hydrogens is 254 g/mol. The average molecular weight is 277 g/mol. The lowest BCUT2D eigenvalue weighted by molar-refractivity contribution is -0.122. The molecule has 1 amide bonds. The maximum atomic E-state index is 11.6. The van der Waals surface area contributed by atoms with Gasteiger partial charge in [-0.05, 0) is 55.9 Å². The average Bonchev–Trinajstić information content (AvgIpc) is 3.24. The number of hydrogen-bond donors (Lipinski definition) is 2. The number of ether oxygens (including phenoxy) is 1. The van der Waals surface area contributed by atoms with E-state index in [-0.39, 0.29) is 12.0 Å². The molecule has 1 unspecified atom stereocenters. The Bertz CT molecular complexity index is 469. The number of rotatable bonds is 7. The zero-order valence-electron chi connectivity index (χ0n) is 12.2. The molecule has 0 radical (unpaired) electrons. The molecule has 4 nitrogen and oxygen atoms in total. The molecule has 0 heterocycles. The molecule has 4 heteroatoms. The van der Waals surface area contributed by atoms with Gasteiger partial charge in [-0.3, -0.25) is 4.79 Å². The van der Waals surface area contributed by atoms with Gasteiger partial charge in [0, 0.05) is 6.54 Å². The molecule has 0 aromatic heterocycles. The Morgan fingerprint density at radius 1 is 1.40 bits per heavy atom. The number of benzene rings is 1. The number of carbonyl (C=O) groups excluding carboxylic acids is 1. The SMILES string of the molecule is Cc1ccc(OCCC(=O)NCC(O)C2CC2)cc1C. The lowest BCUT2D eigenvalue weighted by Gasteiger charge is -2.11. The molecule has 2 rings (SSSR count). The van der Waals surface area contributed by atoms with Gasteiger partial charge in [0.2, 0.25) is 5.91 Å². The standard InChI is InChI=1S/C16H23NO3/c1-11-3-6-14(9-12(11)2)20-8-7-16(19)17-10-15(18)13-4-5-13/h3,6,9,13,15,18H,4-5,7-8,10H2,1-2H3,(H,17,19). The normalized spacial score (nSPS) is 15.8. The number of nitrogens with one attached hydrogen (secondary N) is 1. The van der Waals surface area contributed by atoms with Crippen LogP contribution in [0.1, 0.15) is 30.4 Å². The first-order chi connectivity index (χ1) is 9.56. The van der Waals surface area contributed by atoms with Crippen molar-refractivity contribution in [3.05, 3.63) is 29.3 Å². The van der Waals surface area contributed by atoms with E-state index in [9.17, 15) is 9.90 Å². The second kappa shape index (κ2) is 6.75. The van der Waals surface area contributed by atoms with Gasteiger partial charge in [0.05, 0.1) is 19.1 Å². The minimum Gasteiger partial charge on any atom is -0.493 e. The van der Waals surface area contributed by atoms with Gasteiger partial charge in [-0.25, -0.2) is 0 Å². The van der Waals surface area contributed by atoms with Crippen molar-refractivity contribution in [2.24, 2.45) is 5.92 Å². The predicted molar refractivity (Wildman–Crippen MR) is 77.8 cm³/mol. The van der Waals surface area contributed by atoms with Gasteiger partial charge in [0.25, 0.3) is 0 Å². The van der Waals surface area contributed by atoms with Crippen LogP contribution in [0.15, 0.2) is 18.2 Å². The summed E-state index contributed by atoms with van der Waals surface area (Å²) in [6, 6.07) is 5.90. The molecule has 0 saturated heterocycles. The zero-order valence-corrected chi connectivity index (χ0v) is 12.2. The Kier molecular flexibility index (Phi) is 5.01. The molecule has 110 valence electrons. The van der Waals surface area contributed by atoms with E-state index in [0.717, 1.165) is 18.6 Å². The Labute approximate surface area is 120 Å². The Morgan fingerprint density at radius 2 is 2.15 bits per heavy atom. The smallest absolute Gasteiger partial charge is 0.223 e. The third kappa shape index (κ3) is 4.53. The van der Waals surface area contributed by atoms with E-state index in [4.69, 9.17) is 4.74 Å². The Balaban J connectivity index is 1.64. The van der Waals surface area contributed by atoms with E-state index in [1.165, 1.54) is 11.1 Å². The van der Waals surface area contributed by atoms with E-state index in [1.54, 1.807) is 0 Å². The molecule has 1 aliphatic rings. The molecule has 20 heavy (non-hydrogen) atoms. The first kappa shape index (κ1) is 14.9. The molecule has 0 aliphatic heterocycles. The second-order valence-electron chi connectivity index (χ2n) is 5.55. The summed E-state index contributed by atoms with van der Waals surface area (Å²) in [5, 5.41) is 12.4. The number of aliphatic hydroxyl groups is 1. The van der Waals surface area contributed by atoms with Gasteiger partial charge in [-0.15, -0.1) is 0 Å². The highest BCUT2D eigenvalue weighted by molar-refractivity contribution is 5.76. The van der Waals surface area contributed by atoms with Crippen LogP contribution in [0.5, 0.6) is 5.75 Å². The molecular formula is C16H23NO3. The van der Waals surface area contributed by atoms with Gasteiger partial charge in [-0.1, -0.05) is 6.07 Å². The van der Waals surface area contributed by atoms with E-state index >= 15 is 0 Å². The van der Waals surface area contributed by atoms with Crippen LogP contribution in [0.2, 0.25) is 0 Å². The maximum absolute atomic E-state index is 11.6. The summed E-state index contributed by atoms with van der Waals surface area (Å²) in [5.41, 5.74) is 2.41. The van der Waals surface area contributed by atoms with Crippen molar-refractivity contribution < 1.29 is 14.6 Å². The van der Waals surface area contributed by atoms with Crippen LogP contribution in [-0.2, 0) is 4.79 Å². The predicted octanol–water partition coefficient (Wildman–Crippen LogP) is 1.96. The molecule has 0 spiro atoms. The number of carbonyl (C=O) groups is 1. The molecule has 1 aromatic carbocycles. The van der Waals surface area contributed by atoms with Crippen LogP contribution in [-0.4, -0.2) is 30.3 Å². The van der Waals surface area contributed by atoms with Crippen molar-refractivity contribution in [2.45, 2.75) is 39.2 Å². The maximum Gasteiger partial charge on any atom is 0.223 e. The molecule has 1 aromatic rings. The summed E-state index contributed by atoms with van der Waals surface area (Å²) in [6.45, 7) is 4.80. The van der Waals surface area contributed by atoms with E-state index in [1.807, 2.05) is 25.1 Å². The molecule has 1 aliphatic carbocycles. The zero-order chi connectivity index (χ0) is 14.5. The lowest BCUT2D eigenvalue weighted by atomic mass is 10.1. The monoisotopic (exact) mass is 277 g/mol. The lowest BCUT2D eigenvalue weighted by Crippen LogP contribution is -2.33. The van der Waals surface area contributed by atoms with Crippen molar-refractivity contribution in [1.82, 2.24) is 5.32 Å². The molecule has 1 fully saturated rings. The highest BCUT2D eigenvalue weighted by Gasteiger charge is 2.29. The summed E-state index contributed by atoms with van der Waals surface area (Å²) < 4.78 is 5.56. The highest BCUT2D eigenvalue weighted by atomic mass is 16.5. The van der Waals surface area contributed by atoms with Crippen molar-refractivity contribution in [3.63, 3.8) is 0 Å². The first-order valence-corrected chi connectivity index (χ1v) is 7.21.